The molecule has 0 radical (unpaired) electrons. The van der Waals surface area contributed by atoms with Crippen molar-refractivity contribution in [3.63, 3.8) is 0 Å². The van der Waals surface area contributed by atoms with Crippen molar-refractivity contribution in [2.75, 3.05) is 30.6 Å². The van der Waals surface area contributed by atoms with Crippen LogP contribution in [0.4, 0.5) is 11.4 Å². The number of aryl methyl sites for hydroxylation is 1. The van der Waals surface area contributed by atoms with E-state index in [1.807, 2.05) is 48.5 Å². The van der Waals surface area contributed by atoms with Gasteiger partial charge in [-0.3, -0.25) is 9.59 Å². The number of thioether (sulfide) groups is 1. The van der Waals surface area contributed by atoms with Gasteiger partial charge in [-0.05, 0) is 67.6 Å². The number of fused-ring (bicyclic) bond motifs is 3. The first-order chi connectivity index (χ1) is 19.0. The van der Waals surface area contributed by atoms with Gasteiger partial charge in [-0.2, -0.15) is 0 Å². The van der Waals surface area contributed by atoms with Crippen LogP contribution in [0, 0.1) is 0 Å². The number of anilines is 2. The first-order valence-corrected chi connectivity index (χ1v) is 13.6. The Morgan fingerprint density at radius 3 is 2.33 bits per heavy atom. The standard InChI is InChI=1S/C31H29N3O4S/c1-4-34-26-11-6-5-10-24(26)25-18-22(13-14-27(25)34)32-30(35)19-39-23-9-7-8-21(17-23)33-31(36)20-12-15-28(37-2)29(16-20)38-3/h5-18H,4,19H2,1-3H3,(H,32,35)(H,33,36). The molecular weight excluding hydrogens is 510 g/mol. The fourth-order valence-electron chi connectivity index (χ4n) is 4.66. The lowest BCUT2D eigenvalue weighted by atomic mass is 10.1. The van der Waals surface area contributed by atoms with Gasteiger partial charge in [-0.1, -0.05) is 24.3 Å². The Balaban J connectivity index is 1.23. The Bertz CT molecular complexity index is 1680. The van der Waals surface area contributed by atoms with E-state index in [2.05, 4.69) is 40.3 Å². The summed E-state index contributed by atoms with van der Waals surface area (Å²) in [6, 6.07) is 26.8. The first kappa shape index (κ1) is 26.2. The van der Waals surface area contributed by atoms with E-state index in [0.717, 1.165) is 28.0 Å². The number of amides is 2. The van der Waals surface area contributed by atoms with Crippen molar-refractivity contribution in [1.29, 1.82) is 0 Å². The number of hydrogen-bond acceptors (Lipinski definition) is 5. The van der Waals surface area contributed by atoms with Crippen LogP contribution in [0.25, 0.3) is 21.8 Å². The molecule has 0 saturated carbocycles. The molecule has 0 bridgehead atoms. The van der Waals surface area contributed by atoms with Gasteiger partial charge in [0.25, 0.3) is 5.91 Å². The summed E-state index contributed by atoms with van der Waals surface area (Å²) in [6.45, 7) is 3.01. The predicted molar refractivity (Wildman–Crippen MR) is 158 cm³/mol. The molecule has 7 nitrogen and oxygen atoms in total. The summed E-state index contributed by atoms with van der Waals surface area (Å²) in [5.41, 5.74) is 4.19. The van der Waals surface area contributed by atoms with Crippen LogP contribution in [0.3, 0.4) is 0 Å². The topological polar surface area (TPSA) is 81.6 Å². The molecule has 5 rings (SSSR count). The second kappa shape index (κ2) is 11.5. The highest BCUT2D eigenvalue weighted by atomic mass is 32.2. The molecule has 0 fully saturated rings. The van der Waals surface area contributed by atoms with Crippen molar-refractivity contribution < 1.29 is 19.1 Å². The highest BCUT2D eigenvalue weighted by Gasteiger charge is 2.13. The zero-order chi connectivity index (χ0) is 27.4. The quantitative estimate of drug-likeness (QED) is 0.201. The van der Waals surface area contributed by atoms with E-state index in [-0.39, 0.29) is 17.6 Å². The summed E-state index contributed by atoms with van der Waals surface area (Å²) >= 11 is 1.41. The smallest absolute Gasteiger partial charge is 0.255 e. The number of benzene rings is 4. The number of para-hydroxylation sites is 1. The van der Waals surface area contributed by atoms with Gasteiger partial charge in [0.1, 0.15) is 0 Å². The Morgan fingerprint density at radius 2 is 1.54 bits per heavy atom. The molecule has 0 unspecified atom stereocenters. The van der Waals surface area contributed by atoms with Gasteiger partial charge in [0.15, 0.2) is 11.5 Å². The summed E-state index contributed by atoms with van der Waals surface area (Å²) in [5, 5.41) is 8.22. The van der Waals surface area contributed by atoms with Crippen molar-refractivity contribution >= 4 is 56.8 Å². The molecule has 198 valence electrons. The molecular formula is C31H29N3O4S. The molecule has 5 aromatic rings. The normalized spacial score (nSPS) is 10.9. The molecule has 4 aromatic carbocycles. The number of hydrogen-bond donors (Lipinski definition) is 2. The van der Waals surface area contributed by atoms with Crippen LogP contribution >= 0.6 is 11.8 Å². The summed E-state index contributed by atoms with van der Waals surface area (Å²) < 4.78 is 12.8. The summed E-state index contributed by atoms with van der Waals surface area (Å²) in [5.74, 6) is 0.907. The monoisotopic (exact) mass is 539 g/mol. The SMILES string of the molecule is CCn1c2ccccc2c2cc(NC(=O)CSc3cccc(NC(=O)c4ccc(OC)c(OC)c4)c3)ccc21. The Kier molecular flexibility index (Phi) is 7.74. The number of carbonyl (C=O) groups excluding carboxylic acids is 2. The van der Waals surface area contributed by atoms with Crippen LogP contribution in [-0.2, 0) is 11.3 Å². The van der Waals surface area contributed by atoms with Crippen molar-refractivity contribution in [3.05, 3.63) is 90.5 Å². The first-order valence-electron chi connectivity index (χ1n) is 12.6. The molecule has 0 aliphatic heterocycles. The third-order valence-corrected chi connectivity index (χ3v) is 7.47. The second-order valence-electron chi connectivity index (χ2n) is 8.88. The molecule has 0 spiro atoms. The third-order valence-electron chi connectivity index (χ3n) is 6.48. The largest absolute Gasteiger partial charge is 0.493 e. The molecule has 1 aromatic heterocycles. The van der Waals surface area contributed by atoms with Crippen LogP contribution in [-0.4, -0.2) is 36.4 Å². The number of carbonyl (C=O) groups is 2. The minimum atomic E-state index is -0.268. The van der Waals surface area contributed by atoms with Gasteiger partial charge in [0.05, 0.1) is 20.0 Å². The van der Waals surface area contributed by atoms with E-state index in [4.69, 9.17) is 9.47 Å². The van der Waals surface area contributed by atoms with E-state index >= 15 is 0 Å². The maximum absolute atomic E-state index is 12.8. The summed E-state index contributed by atoms with van der Waals surface area (Å²) in [6.07, 6.45) is 0. The van der Waals surface area contributed by atoms with Crippen LogP contribution < -0.4 is 20.1 Å². The Hall–Kier alpha value is -4.43. The number of rotatable bonds is 9. The summed E-state index contributed by atoms with van der Waals surface area (Å²) in [4.78, 5) is 26.4. The fourth-order valence-corrected chi connectivity index (χ4v) is 5.42. The molecule has 0 aliphatic carbocycles. The van der Waals surface area contributed by atoms with Gasteiger partial charge < -0.3 is 24.7 Å². The number of nitrogens with zero attached hydrogens (tertiary/aromatic N) is 1. The van der Waals surface area contributed by atoms with Gasteiger partial charge >= 0.3 is 0 Å². The number of ether oxygens (including phenoxy) is 2. The third kappa shape index (κ3) is 5.56. The minimum Gasteiger partial charge on any atom is -0.493 e. The number of methoxy groups -OCH3 is 2. The van der Waals surface area contributed by atoms with E-state index in [9.17, 15) is 9.59 Å². The van der Waals surface area contributed by atoms with Crippen LogP contribution in [0.1, 0.15) is 17.3 Å². The zero-order valence-electron chi connectivity index (χ0n) is 22.0. The van der Waals surface area contributed by atoms with Crippen molar-refractivity contribution in [1.82, 2.24) is 4.57 Å². The van der Waals surface area contributed by atoms with Gasteiger partial charge in [-0.15, -0.1) is 11.8 Å². The molecule has 0 aliphatic rings. The molecule has 0 saturated heterocycles. The number of nitrogens with one attached hydrogen (secondary N) is 2. The fraction of sp³-hybridized carbons (Fsp3) is 0.161. The average Bonchev–Trinajstić information content (AvgIpc) is 3.28. The molecule has 2 amide bonds. The highest BCUT2D eigenvalue weighted by molar-refractivity contribution is 8.00. The molecule has 0 atom stereocenters. The van der Waals surface area contributed by atoms with E-state index in [1.54, 1.807) is 25.3 Å². The lowest BCUT2D eigenvalue weighted by molar-refractivity contribution is -0.113. The maximum atomic E-state index is 12.8. The average molecular weight is 540 g/mol. The van der Waals surface area contributed by atoms with Crippen molar-refractivity contribution in [2.24, 2.45) is 0 Å². The van der Waals surface area contributed by atoms with Crippen LogP contribution in [0.15, 0.2) is 89.8 Å². The van der Waals surface area contributed by atoms with Crippen LogP contribution in [0.5, 0.6) is 11.5 Å². The summed E-state index contributed by atoms with van der Waals surface area (Å²) in [7, 11) is 3.07. The maximum Gasteiger partial charge on any atom is 0.255 e. The lowest BCUT2D eigenvalue weighted by Crippen LogP contribution is -2.14. The molecule has 1 heterocycles. The van der Waals surface area contributed by atoms with E-state index < -0.39 is 0 Å². The minimum absolute atomic E-state index is 0.0988. The predicted octanol–water partition coefficient (Wildman–Crippen LogP) is 6.81. The van der Waals surface area contributed by atoms with Crippen LogP contribution in [0.2, 0.25) is 0 Å². The van der Waals surface area contributed by atoms with E-state index in [0.29, 0.717) is 22.7 Å². The van der Waals surface area contributed by atoms with Gasteiger partial charge in [0, 0.05) is 50.2 Å². The Morgan fingerprint density at radius 1 is 0.769 bits per heavy atom. The van der Waals surface area contributed by atoms with Crippen molar-refractivity contribution in [3.8, 4) is 11.5 Å². The second-order valence-corrected chi connectivity index (χ2v) is 9.93. The Labute approximate surface area is 231 Å². The molecule has 39 heavy (non-hydrogen) atoms. The van der Waals surface area contributed by atoms with Crippen molar-refractivity contribution in [2.45, 2.75) is 18.4 Å². The zero-order valence-corrected chi connectivity index (χ0v) is 22.8. The van der Waals surface area contributed by atoms with Gasteiger partial charge in [-0.25, -0.2) is 0 Å². The number of aromatic nitrogens is 1. The molecule has 8 heteroatoms. The highest BCUT2D eigenvalue weighted by Crippen LogP contribution is 2.31. The lowest BCUT2D eigenvalue weighted by Gasteiger charge is -2.11. The molecule has 2 N–H and O–H groups in total. The van der Waals surface area contributed by atoms with Gasteiger partial charge in [0.2, 0.25) is 5.91 Å². The van der Waals surface area contributed by atoms with E-state index in [1.165, 1.54) is 29.8 Å².